The zero-order valence-corrected chi connectivity index (χ0v) is 12.9. The van der Waals surface area contributed by atoms with Crippen LogP contribution >= 0.6 is 0 Å². The van der Waals surface area contributed by atoms with E-state index in [9.17, 15) is 0 Å². The van der Waals surface area contributed by atoms with Crippen LogP contribution in [-0.2, 0) is 6.42 Å². The molecule has 0 aliphatic carbocycles. The highest BCUT2D eigenvalue weighted by Crippen LogP contribution is 2.17. The molecule has 2 atom stereocenters. The molecule has 0 amide bonds. The zero-order valence-electron chi connectivity index (χ0n) is 12.9. The maximum Gasteiger partial charge on any atom is 0.119 e. The van der Waals surface area contributed by atoms with E-state index in [-0.39, 0.29) is 0 Å². The quantitative estimate of drug-likeness (QED) is 0.726. The maximum atomic E-state index is 5.30. The first-order valence-corrected chi connectivity index (χ1v) is 7.55. The Balaban J connectivity index is 2.63. The van der Waals surface area contributed by atoms with E-state index >= 15 is 0 Å². The average Bonchev–Trinajstić information content (AvgIpc) is 2.44. The Hall–Kier alpha value is -1.02. The van der Waals surface area contributed by atoms with Crippen molar-refractivity contribution < 1.29 is 4.74 Å². The van der Waals surface area contributed by atoms with Crippen molar-refractivity contribution in [2.45, 2.75) is 52.5 Å². The molecule has 2 heteroatoms. The van der Waals surface area contributed by atoms with Gasteiger partial charge in [0.1, 0.15) is 5.75 Å². The van der Waals surface area contributed by atoms with E-state index in [1.54, 1.807) is 7.11 Å². The largest absolute Gasteiger partial charge is 0.497 e. The minimum Gasteiger partial charge on any atom is -0.497 e. The predicted octanol–water partition coefficient (Wildman–Crippen LogP) is 4.04. The van der Waals surface area contributed by atoms with Gasteiger partial charge in [-0.15, -0.1) is 0 Å². The first kappa shape index (κ1) is 16.0. The highest BCUT2D eigenvalue weighted by molar-refractivity contribution is 5.28. The Bertz CT molecular complexity index is 351. The van der Waals surface area contributed by atoms with Crippen molar-refractivity contribution in [3.63, 3.8) is 0 Å². The van der Waals surface area contributed by atoms with Crippen LogP contribution in [-0.4, -0.2) is 19.7 Å². The van der Waals surface area contributed by atoms with Crippen molar-refractivity contribution >= 4 is 0 Å². The fourth-order valence-electron chi connectivity index (χ4n) is 2.32. The molecule has 1 rings (SSSR count). The van der Waals surface area contributed by atoms with Crippen molar-refractivity contribution in [3.05, 3.63) is 29.8 Å². The van der Waals surface area contributed by atoms with E-state index in [4.69, 9.17) is 4.74 Å². The van der Waals surface area contributed by atoms with Gasteiger partial charge >= 0.3 is 0 Å². The molecule has 1 aromatic carbocycles. The van der Waals surface area contributed by atoms with Crippen LogP contribution in [0.2, 0.25) is 0 Å². The molecule has 0 heterocycles. The van der Waals surface area contributed by atoms with E-state index in [0.29, 0.717) is 6.04 Å². The van der Waals surface area contributed by atoms with E-state index in [2.05, 4.69) is 44.3 Å². The number of benzene rings is 1. The van der Waals surface area contributed by atoms with Crippen LogP contribution in [0.5, 0.6) is 5.75 Å². The highest BCUT2D eigenvalue weighted by Gasteiger charge is 2.12. The molecule has 0 aliphatic rings. The Labute approximate surface area is 118 Å². The Kier molecular flexibility index (Phi) is 7.57. The third kappa shape index (κ3) is 6.11. The molecule has 0 aliphatic heterocycles. The number of ether oxygens (including phenoxy) is 1. The first-order chi connectivity index (χ1) is 9.19. The summed E-state index contributed by atoms with van der Waals surface area (Å²) in [6.07, 6.45) is 4.77. The molecule has 1 N–H and O–H groups in total. The summed E-state index contributed by atoms with van der Waals surface area (Å²) in [6, 6.07) is 9.00. The van der Waals surface area contributed by atoms with Crippen molar-refractivity contribution in [3.8, 4) is 5.75 Å². The van der Waals surface area contributed by atoms with Crippen LogP contribution in [0.15, 0.2) is 24.3 Å². The van der Waals surface area contributed by atoms with Crippen LogP contribution in [0.3, 0.4) is 0 Å². The lowest BCUT2D eigenvalue weighted by Crippen LogP contribution is -2.33. The first-order valence-electron chi connectivity index (χ1n) is 7.55. The normalized spacial score (nSPS) is 14.1. The van der Waals surface area contributed by atoms with Crippen LogP contribution in [0.1, 0.15) is 45.6 Å². The van der Waals surface area contributed by atoms with Crippen molar-refractivity contribution in [1.29, 1.82) is 0 Å². The van der Waals surface area contributed by atoms with Crippen molar-refractivity contribution in [2.24, 2.45) is 5.92 Å². The Morgan fingerprint density at radius 3 is 2.68 bits per heavy atom. The van der Waals surface area contributed by atoms with Gasteiger partial charge in [-0.3, -0.25) is 0 Å². The molecule has 0 bridgehead atoms. The highest BCUT2D eigenvalue weighted by atomic mass is 16.5. The summed E-state index contributed by atoms with van der Waals surface area (Å²) in [7, 11) is 1.73. The van der Waals surface area contributed by atoms with Gasteiger partial charge in [0.05, 0.1) is 7.11 Å². The second-order valence-corrected chi connectivity index (χ2v) is 5.46. The standard InChI is InChI=1S/C17H29NO/c1-5-10-18-16(11-14(3)6-2)12-15-8-7-9-17(13-15)19-4/h7-9,13-14,16,18H,5-6,10-12H2,1-4H3. The van der Waals surface area contributed by atoms with E-state index in [0.717, 1.165) is 24.6 Å². The van der Waals surface area contributed by atoms with Crippen molar-refractivity contribution in [1.82, 2.24) is 5.32 Å². The number of hydrogen-bond acceptors (Lipinski definition) is 2. The third-order valence-corrected chi connectivity index (χ3v) is 3.68. The lowest BCUT2D eigenvalue weighted by molar-refractivity contribution is 0.389. The Morgan fingerprint density at radius 1 is 1.26 bits per heavy atom. The summed E-state index contributed by atoms with van der Waals surface area (Å²) < 4.78 is 5.30. The van der Waals surface area contributed by atoms with Crippen molar-refractivity contribution in [2.75, 3.05) is 13.7 Å². The summed E-state index contributed by atoms with van der Waals surface area (Å²) in [5, 5.41) is 3.68. The van der Waals surface area contributed by atoms with Gasteiger partial charge in [-0.25, -0.2) is 0 Å². The molecule has 2 nitrogen and oxygen atoms in total. The molecule has 1 aromatic rings. The minimum absolute atomic E-state index is 0.571. The van der Waals surface area contributed by atoms with E-state index in [1.807, 2.05) is 6.07 Å². The molecular weight excluding hydrogens is 234 g/mol. The number of hydrogen-bond donors (Lipinski definition) is 1. The molecule has 0 radical (unpaired) electrons. The smallest absolute Gasteiger partial charge is 0.119 e. The van der Waals surface area contributed by atoms with Crippen LogP contribution in [0.25, 0.3) is 0 Å². The van der Waals surface area contributed by atoms with Gasteiger partial charge in [0.2, 0.25) is 0 Å². The van der Waals surface area contributed by atoms with Gasteiger partial charge in [0.25, 0.3) is 0 Å². The number of rotatable bonds is 9. The number of methoxy groups -OCH3 is 1. The lowest BCUT2D eigenvalue weighted by atomic mass is 9.94. The molecular formula is C17H29NO. The lowest BCUT2D eigenvalue weighted by Gasteiger charge is -2.22. The van der Waals surface area contributed by atoms with E-state index in [1.165, 1.54) is 24.8 Å². The summed E-state index contributed by atoms with van der Waals surface area (Å²) in [4.78, 5) is 0. The molecule has 0 saturated carbocycles. The molecule has 108 valence electrons. The van der Waals surface area contributed by atoms with Gasteiger partial charge in [0.15, 0.2) is 0 Å². The molecule has 0 saturated heterocycles. The van der Waals surface area contributed by atoms with Crippen LogP contribution in [0, 0.1) is 5.92 Å². The molecule has 0 aromatic heterocycles. The predicted molar refractivity (Wildman–Crippen MR) is 82.9 cm³/mol. The fraction of sp³-hybridized carbons (Fsp3) is 0.647. The van der Waals surface area contributed by atoms with Crippen LogP contribution in [0.4, 0.5) is 0 Å². The molecule has 0 spiro atoms. The number of nitrogens with one attached hydrogen (secondary N) is 1. The fourth-order valence-corrected chi connectivity index (χ4v) is 2.32. The summed E-state index contributed by atoms with van der Waals surface area (Å²) in [5.74, 6) is 1.73. The summed E-state index contributed by atoms with van der Waals surface area (Å²) in [5.41, 5.74) is 1.36. The zero-order chi connectivity index (χ0) is 14.1. The topological polar surface area (TPSA) is 21.3 Å². The third-order valence-electron chi connectivity index (χ3n) is 3.68. The van der Waals surface area contributed by atoms with Gasteiger partial charge < -0.3 is 10.1 Å². The van der Waals surface area contributed by atoms with Gasteiger partial charge in [-0.05, 0) is 49.4 Å². The second-order valence-electron chi connectivity index (χ2n) is 5.46. The van der Waals surface area contributed by atoms with Crippen LogP contribution < -0.4 is 10.1 Å². The second kappa shape index (κ2) is 8.98. The van der Waals surface area contributed by atoms with E-state index < -0.39 is 0 Å². The van der Waals surface area contributed by atoms with Gasteiger partial charge in [0, 0.05) is 6.04 Å². The summed E-state index contributed by atoms with van der Waals surface area (Å²) in [6.45, 7) is 7.93. The Morgan fingerprint density at radius 2 is 2.05 bits per heavy atom. The SMILES string of the molecule is CCCNC(Cc1cccc(OC)c1)CC(C)CC. The monoisotopic (exact) mass is 263 g/mol. The molecule has 0 fully saturated rings. The average molecular weight is 263 g/mol. The molecule has 19 heavy (non-hydrogen) atoms. The summed E-state index contributed by atoms with van der Waals surface area (Å²) >= 11 is 0. The van der Waals surface area contributed by atoms with Gasteiger partial charge in [-0.1, -0.05) is 39.3 Å². The van der Waals surface area contributed by atoms with Gasteiger partial charge in [-0.2, -0.15) is 0 Å². The maximum absolute atomic E-state index is 5.30. The molecule has 2 unspecified atom stereocenters. The minimum atomic E-state index is 0.571.